The Morgan fingerprint density at radius 3 is 2.58 bits per heavy atom. The van der Waals surface area contributed by atoms with E-state index < -0.39 is 6.10 Å². The summed E-state index contributed by atoms with van der Waals surface area (Å²) in [6.45, 7) is 1.93. The maximum Gasteiger partial charge on any atom is 0.129 e. The zero-order valence-corrected chi connectivity index (χ0v) is 13.7. The summed E-state index contributed by atoms with van der Waals surface area (Å²) in [5.74, 6) is 0.153. The van der Waals surface area contributed by atoms with E-state index in [9.17, 15) is 9.50 Å². The molecule has 1 fully saturated rings. The lowest BCUT2D eigenvalue weighted by Crippen LogP contribution is -2.28. The molecular weight excluding hydrogens is 305 g/mol. The Bertz CT molecular complexity index is 629. The van der Waals surface area contributed by atoms with Gasteiger partial charge in [-0.05, 0) is 30.4 Å². The summed E-state index contributed by atoms with van der Waals surface area (Å²) < 4.78 is 19.3. The van der Waals surface area contributed by atoms with Gasteiger partial charge in [-0.15, -0.1) is 0 Å². The van der Waals surface area contributed by atoms with Crippen molar-refractivity contribution < 1.29 is 14.2 Å². The van der Waals surface area contributed by atoms with Gasteiger partial charge in [0, 0.05) is 31.4 Å². The topological polar surface area (TPSA) is 41.5 Å². The number of aliphatic hydroxyl groups excluding tert-OH is 1. The van der Waals surface area contributed by atoms with E-state index in [-0.39, 0.29) is 11.9 Å². The molecule has 0 radical (unpaired) electrons. The highest BCUT2D eigenvalue weighted by molar-refractivity contribution is 5.21. The Morgan fingerprint density at radius 1 is 1.12 bits per heavy atom. The molecule has 0 aromatic heterocycles. The summed E-state index contributed by atoms with van der Waals surface area (Å²) in [7, 11) is 0. The first kappa shape index (κ1) is 17.1. The van der Waals surface area contributed by atoms with Gasteiger partial charge in [0.25, 0.3) is 0 Å². The summed E-state index contributed by atoms with van der Waals surface area (Å²) in [4.78, 5) is 0. The highest BCUT2D eigenvalue weighted by Crippen LogP contribution is 2.27. The van der Waals surface area contributed by atoms with Crippen molar-refractivity contribution in [3.8, 4) is 0 Å². The summed E-state index contributed by atoms with van der Waals surface area (Å²) in [6.07, 6.45) is 1.16. The average molecular weight is 329 g/mol. The Balaban J connectivity index is 1.66. The molecule has 3 unspecified atom stereocenters. The van der Waals surface area contributed by atoms with Crippen LogP contribution in [0.25, 0.3) is 0 Å². The molecule has 128 valence electrons. The van der Waals surface area contributed by atoms with Crippen molar-refractivity contribution in [3.05, 3.63) is 71.5 Å². The molecule has 1 aliphatic heterocycles. The molecule has 24 heavy (non-hydrogen) atoms. The molecule has 3 atom stereocenters. The number of hydrogen-bond donors (Lipinski definition) is 2. The van der Waals surface area contributed by atoms with Gasteiger partial charge < -0.3 is 15.2 Å². The van der Waals surface area contributed by atoms with Gasteiger partial charge in [0.15, 0.2) is 0 Å². The van der Waals surface area contributed by atoms with Crippen LogP contribution in [0.2, 0.25) is 0 Å². The molecule has 1 heterocycles. The van der Waals surface area contributed by atoms with Crippen molar-refractivity contribution in [1.82, 2.24) is 5.32 Å². The van der Waals surface area contributed by atoms with Crippen molar-refractivity contribution in [2.75, 3.05) is 19.8 Å². The number of hydrogen-bond acceptors (Lipinski definition) is 3. The van der Waals surface area contributed by atoms with Gasteiger partial charge in [0.2, 0.25) is 0 Å². The Hall–Kier alpha value is -1.75. The van der Waals surface area contributed by atoms with Crippen LogP contribution in [0.15, 0.2) is 54.6 Å². The van der Waals surface area contributed by atoms with Crippen LogP contribution in [0.4, 0.5) is 4.39 Å². The number of aliphatic hydroxyl groups is 1. The van der Waals surface area contributed by atoms with Crippen molar-refractivity contribution in [2.45, 2.75) is 25.0 Å². The third-order valence-corrected chi connectivity index (χ3v) is 4.62. The fourth-order valence-corrected chi connectivity index (χ4v) is 3.23. The van der Waals surface area contributed by atoms with E-state index in [1.807, 2.05) is 18.2 Å². The molecular formula is C20H24FNO2. The van der Waals surface area contributed by atoms with Gasteiger partial charge in [-0.25, -0.2) is 4.39 Å². The van der Waals surface area contributed by atoms with Crippen LogP contribution in [0, 0.1) is 11.7 Å². The highest BCUT2D eigenvalue weighted by atomic mass is 19.1. The largest absolute Gasteiger partial charge is 0.387 e. The Kier molecular flexibility index (Phi) is 5.96. The second-order valence-corrected chi connectivity index (χ2v) is 6.37. The van der Waals surface area contributed by atoms with Crippen molar-refractivity contribution >= 4 is 0 Å². The fourth-order valence-electron chi connectivity index (χ4n) is 3.23. The molecule has 2 N–H and O–H groups in total. The smallest absolute Gasteiger partial charge is 0.129 e. The summed E-state index contributed by atoms with van der Waals surface area (Å²) >= 11 is 0. The van der Waals surface area contributed by atoms with E-state index >= 15 is 0 Å². The Morgan fingerprint density at radius 2 is 1.88 bits per heavy atom. The van der Waals surface area contributed by atoms with Crippen LogP contribution in [-0.2, 0) is 4.74 Å². The lowest BCUT2D eigenvalue weighted by Gasteiger charge is -2.24. The second kappa shape index (κ2) is 8.38. The first-order valence-corrected chi connectivity index (χ1v) is 8.52. The molecule has 0 spiro atoms. The lowest BCUT2D eigenvalue weighted by molar-refractivity contribution is 0.159. The molecule has 0 bridgehead atoms. The van der Waals surface area contributed by atoms with Crippen LogP contribution >= 0.6 is 0 Å². The predicted octanol–water partition coefficient (Wildman–Crippen LogP) is 3.62. The highest BCUT2D eigenvalue weighted by Gasteiger charge is 2.23. The summed E-state index contributed by atoms with van der Waals surface area (Å²) in [6, 6.07) is 16.7. The number of rotatable bonds is 7. The molecule has 0 saturated carbocycles. The quantitative estimate of drug-likeness (QED) is 0.815. The molecule has 2 aromatic carbocycles. The normalized spacial score (nSPS) is 20.0. The summed E-state index contributed by atoms with van der Waals surface area (Å²) in [5, 5.41) is 13.7. The van der Waals surface area contributed by atoms with E-state index in [2.05, 4.69) is 17.4 Å². The van der Waals surface area contributed by atoms with Crippen LogP contribution in [0.1, 0.15) is 36.1 Å². The number of benzene rings is 2. The van der Waals surface area contributed by atoms with Gasteiger partial charge >= 0.3 is 0 Å². The minimum Gasteiger partial charge on any atom is -0.387 e. The van der Waals surface area contributed by atoms with E-state index in [4.69, 9.17) is 4.74 Å². The van der Waals surface area contributed by atoms with Crippen LogP contribution in [-0.4, -0.2) is 24.9 Å². The van der Waals surface area contributed by atoms with Crippen molar-refractivity contribution in [2.24, 2.45) is 5.92 Å². The zero-order valence-electron chi connectivity index (χ0n) is 13.7. The molecule has 0 aliphatic carbocycles. The lowest BCUT2D eigenvalue weighted by atomic mass is 9.94. The molecule has 0 amide bonds. The van der Waals surface area contributed by atoms with Crippen LogP contribution in [0.3, 0.4) is 0 Å². The SMILES string of the molecule is OC(CNC(CC1CCOC1)c1ccccc1)c1ccccc1F. The first-order valence-electron chi connectivity index (χ1n) is 8.52. The molecule has 1 aliphatic rings. The van der Waals surface area contributed by atoms with Gasteiger partial charge in [-0.3, -0.25) is 0 Å². The number of halogens is 1. The van der Waals surface area contributed by atoms with Crippen LogP contribution < -0.4 is 5.32 Å². The van der Waals surface area contributed by atoms with Crippen molar-refractivity contribution in [1.29, 1.82) is 0 Å². The van der Waals surface area contributed by atoms with Gasteiger partial charge in [-0.2, -0.15) is 0 Å². The van der Waals surface area contributed by atoms with Crippen molar-refractivity contribution in [3.63, 3.8) is 0 Å². The standard InChI is InChI=1S/C20H24FNO2/c21-18-9-5-4-8-17(18)20(23)13-22-19(12-15-10-11-24-14-15)16-6-2-1-3-7-16/h1-9,15,19-20,22-23H,10-14H2. The third-order valence-electron chi connectivity index (χ3n) is 4.62. The average Bonchev–Trinajstić information content (AvgIpc) is 3.12. The Labute approximate surface area is 142 Å². The van der Waals surface area contributed by atoms with E-state index in [0.29, 0.717) is 18.0 Å². The molecule has 1 saturated heterocycles. The maximum atomic E-state index is 13.8. The number of ether oxygens (including phenoxy) is 1. The number of nitrogens with one attached hydrogen (secondary N) is 1. The van der Waals surface area contributed by atoms with Gasteiger partial charge in [0.1, 0.15) is 5.82 Å². The fraction of sp³-hybridized carbons (Fsp3) is 0.400. The van der Waals surface area contributed by atoms with Gasteiger partial charge in [0.05, 0.1) is 6.10 Å². The van der Waals surface area contributed by atoms with E-state index in [1.165, 1.54) is 11.6 Å². The molecule has 4 heteroatoms. The monoisotopic (exact) mass is 329 g/mol. The minimum atomic E-state index is -0.864. The van der Waals surface area contributed by atoms with Crippen LogP contribution in [0.5, 0.6) is 0 Å². The molecule has 3 rings (SSSR count). The third kappa shape index (κ3) is 4.41. The summed E-state index contributed by atoms with van der Waals surface area (Å²) in [5.41, 5.74) is 1.52. The predicted molar refractivity (Wildman–Crippen MR) is 92.1 cm³/mol. The van der Waals surface area contributed by atoms with Gasteiger partial charge in [-0.1, -0.05) is 48.5 Å². The second-order valence-electron chi connectivity index (χ2n) is 6.37. The molecule has 2 aromatic rings. The van der Waals surface area contributed by atoms with E-state index in [1.54, 1.807) is 18.2 Å². The van der Waals surface area contributed by atoms with E-state index in [0.717, 1.165) is 26.1 Å². The minimum absolute atomic E-state index is 0.124. The zero-order chi connectivity index (χ0) is 16.8. The first-order chi connectivity index (χ1) is 11.7. The maximum absolute atomic E-state index is 13.8. The molecule has 3 nitrogen and oxygen atoms in total.